The van der Waals surface area contributed by atoms with E-state index in [9.17, 15) is 22.4 Å². The molecule has 12 heteroatoms. The first-order valence-electron chi connectivity index (χ1n) is 13.7. The van der Waals surface area contributed by atoms with Gasteiger partial charge in [-0.15, -0.1) is 0 Å². The van der Waals surface area contributed by atoms with Crippen LogP contribution < -0.4 is 0 Å². The van der Waals surface area contributed by atoms with E-state index in [0.29, 0.717) is 28.7 Å². The first-order chi connectivity index (χ1) is 19.4. The van der Waals surface area contributed by atoms with Crippen molar-refractivity contribution in [3.63, 3.8) is 0 Å². The minimum Gasteiger partial charge on any atom is -0.308 e. The number of carbonyl (C=O) groups is 1. The molecule has 0 radical (unpaired) electrons. The number of piperazine rings is 1. The highest BCUT2D eigenvalue weighted by Crippen LogP contribution is 2.36. The van der Waals surface area contributed by atoms with Gasteiger partial charge in [-0.2, -0.15) is 13.2 Å². The maximum Gasteiger partial charge on any atom is 0.419 e. The van der Waals surface area contributed by atoms with Crippen LogP contribution in [0.15, 0.2) is 36.4 Å². The second-order valence-corrected chi connectivity index (χ2v) is 12.1. The van der Waals surface area contributed by atoms with Crippen molar-refractivity contribution in [1.82, 2.24) is 24.5 Å². The number of nitrogens with zero attached hydrogens (tertiary/aromatic N) is 5. The summed E-state index contributed by atoms with van der Waals surface area (Å²) < 4.78 is 53.5. The number of halogens is 6. The fourth-order valence-electron chi connectivity index (χ4n) is 5.84. The first-order valence-corrected chi connectivity index (χ1v) is 14.4. The van der Waals surface area contributed by atoms with Crippen molar-refractivity contribution in [1.29, 1.82) is 0 Å². The zero-order valence-corrected chi connectivity index (χ0v) is 25.1. The number of alkyl halides is 3. The summed E-state index contributed by atoms with van der Waals surface area (Å²) in [7, 11) is 5.98. The van der Waals surface area contributed by atoms with Gasteiger partial charge in [-0.3, -0.25) is 19.6 Å². The molecular weight excluding hydrogens is 581 g/mol. The van der Waals surface area contributed by atoms with Crippen LogP contribution in [0.5, 0.6) is 0 Å². The normalized spacial score (nSPS) is 22.1. The van der Waals surface area contributed by atoms with Gasteiger partial charge in [-0.1, -0.05) is 35.3 Å². The molecule has 2 aromatic rings. The highest BCUT2D eigenvalue weighted by Gasteiger charge is 2.41. The van der Waals surface area contributed by atoms with E-state index in [1.165, 1.54) is 6.07 Å². The monoisotopic (exact) mass is 617 g/mol. The Balaban J connectivity index is 1.52. The van der Waals surface area contributed by atoms with Crippen LogP contribution in [-0.2, 0) is 17.5 Å². The minimum atomic E-state index is -4.75. The Hall–Kier alpha value is -1.79. The summed E-state index contributed by atoms with van der Waals surface area (Å²) in [6.07, 6.45) is -4.16. The minimum absolute atomic E-state index is 0.0575. The van der Waals surface area contributed by atoms with Crippen LogP contribution in [0.25, 0.3) is 0 Å². The van der Waals surface area contributed by atoms with Gasteiger partial charge in [0, 0.05) is 70.9 Å². The van der Waals surface area contributed by atoms with E-state index in [1.54, 1.807) is 6.07 Å². The van der Waals surface area contributed by atoms with Crippen molar-refractivity contribution in [2.75, 3.05) is 73.5 Å². The number of carbonyl (C=O) groups excluding carboxylic acids is 1. The summed E-state index contributed by atoms with van der Waals surface area (Å²) in [5.41, 5.74) is 0.112. The van der Waals surface area contributed by atoms with Crippen molar-refractivity contribution < 1.29 is 22.4 Å². The number of hydrogen-bond donors (Lipinski definition) is 0. The molecule has 6 nitrogen and oxygen atoms in total. The molecule has 0 bridgehead atoms. The zero-order chi connectivity index (χ0) is 29.9. The van der Waals surface area contributed by atoms with Crippen LogP contribution in [0.1, 0.15) is 22.6 Å². The molecule has 2 saturated heterocycles. The largest absolute Gasteiger partial charge is 0.419 e. The lowest BCUT2D eigenvalue weighted by Crippen LogP contribution is -2.57. The Morgan fingerprint density at radius 2 is 1.68 bits per heavy atom. The molecule has 3 atom stereocenters. The third kappa shape index (κ3) is 7.98. The van der Waals surface area contributed by atoms with E-state index in [-0.39, 0.29) is 18.5 Å². The predicted molar refractivity (Wildman–Crippen MR) is 154 cm³/mol. The van der Waals surface area contributed by atoms with Gasteiger partial charge in [-0.25, -0.2) is 4.39 Å². The lowest BCUT2D eigenvalue weighted by Gasteiger charge is -2.40. The topological polar surface area (TPSA) is 33.3 Å². The molecule has 1 unspecified atom stereocenters. The maximum absolute atomic E-state index is 14.3. The fraction of sp³-hybridized carbons (Fsp3) is 0.552. The molecule has 0 aliphatic carbocycles. The lowest BCUT2D eigenvalue weighted by molar-refractivity contribution is -0.140. The Morgan fingerprint density at radius 1 is 0.976 bits per heavy atom. The average molecular weight is 619 g/mol. The molecule has 2 aromatic carbocycles. The van der Waals surface area contributed by atoms with E-state index >= 15 is 0 Å². The number of benzene rings is 2. The van der Waals surface area contributed by atoms with E-state index < -0.39 is 23.7 Å². The molecule has 2 heterocycles. The van der Waals surface area contributed by atoms with Crippen molar-refractivity contribution in [3.05, 3.63) is 69.0 Å². The average Bonchev–Trinajstić information content (AvgIpc) is 3.35. The highest BCUT2D eigenvalue weighted by atomic mass is 35.5. The molecule has 0 spiro atoms. The third-order valence-electron chi connectivity index (χ3n) is 8.17. The van der Waals surface area contributed by atoms with Crippen molar-refractivity contribution in [2.24, 2.45) is 0 Å². The van der Waals surface area contributed by atoms with Gasteiger partial charge in [0.1, 0.15) is 12.0 Å². The van der Waals surface area contributed by atoms with Gasteiger partial charge >= 0.3 is 6.18 Å². The van der Waals surface area contributed by atoms with Crippen LogP contribution >= 0.6 is 23.2 Å². The Kier molecular flexibility index (Phi) is 10.7. The summed E-state index contributed by atoms with van der Waals surface area (Å²) in [6, 6.07) is 8.43. The third-order valence-corrected chi connectivity index (χ3v) is 8.91. The summed E-state index contributed by atoms with van der Waals surface area (Å²) >= 11 is 12.5. The van der Waals surface area contributed by atoms with Gasteiger partial charge in [0.05, 0.1) is 15.6 Å². The van der Waals surface area contributed by atoms with Crippen LogP contribution in [-0.4, -0.2) is 116 Å². The lowest BCUT2D eigenvalue weighted by atomic mass is 9.93. The van der Waals surface area contributed by atoms with E-state index in [0.717, 1.165) is 63.3 Å². The molecule has 0 N–H and O–H groups in total. The second-order valence-electron chi connectivity index (χ2n) is 11.3. The summed E-state index contributed by atoms with van der Waals surface area (Å²) in [6.45, 7) is 6.63. The van der Waals surface area contributed by atoms with Gasteiger partial charge in [0.2, 0.25) is 0 Å². The van der Waals surface area contributed by atoms with Crippen molar-refractivity contribution >= 4 is 29.5 Å². The number of likely N-dealkylation sites (N-methyl/N-ethyl adjacent to an activating group) is 2. The van der Waals surface area contributed by atoms with E-state index in [4.69, 9.17) is 23.2 Å². The van der Waals surface area contributed by atoms with Crippen LogP contribution in [0.3, 0.4) is 0 Å². The number of hydrogen-bond acceptors (Lipinski definition) is 6. The van der Waals surface area contributed by atoms with Gasteiger partial charge in [0.25, 0.3) is 0 Å². The molecule has 41 heavy (non-hydrogen) atoms. The predicted octanol–water partition coefficient (Wildman–Crippen LogP) is 4.76. The number of aldehydes is 1. The standard InChI is InChI=1S/C29H37Cl2F4N5O/c1-36(2)8-9-38-10-12-39(13-11-38)28(19-41)40-17-22(21-5-7-24(30)25(31)15-21)27(18-40)37(3)16-20-4-6-23(26(32)14-20)29(33,34)35/h4-7,14-15,19,22,27-28H,8-13,16-18H2,1-3H3/t22-,27-,28?/m1/s1. The molecule has 0 saturated carbocycles. The van der Waals surface area contributed by atoms with Crippen LogP contribution in [0.4, 0.5) is 17.6 Å². The van der Waals surface area contributed by atoms with E-state index in [1.807, 2.05) is 24.1 Å². The van der Waals surface area contributed by atoms with E-state index in [2.05, 4.69) is 33.7 Å². The van der Waals surface area contributed by atoms with Gasteiger partial charge < -0.3 is 9.69 Å². The van der Waals surface area contributed by atoms with Gasteiger partial charge in [0.15, 0.2) is 6.29 Å². The quantitative estimate of drug-likeness (QED) is 0.283. The summed E-state index contributed by atoms with van der Waals surface area (Å²) in [5.74, 6) is -1.35. The Labute approximate surface area is 249 Å². The molecule has 2 fully saturated rings. The molecule has 4 rings (SSSR count). The Morgan fingerprint density at radius 3 is 2.27 bits per heavy atom. The first kappa shape index (κ1) is 32.1. The summed E-state index contributed by atoms with van der Waals surface area (Å²) in [5, 5.41) is 0.864. The fourth-order valence-corrected chi connectivity index (χ4v) is 6.14. The molecule has 0 amide bonds. The molecule has 226 valence electrons. The molecule has 0 aromatic heterocycles. The number of rotatable bonds is 10. The highest BCUT2D eigenvalue weighted by molar-refractivity contribution is 6.42. The smallest absolute Gasteiger partial charge is 0.308 e. The maximum atomic E-state index is 14.3. The van der Waals surface area contributed by atoms with Crippen molar-refractivity contribution in [2.45, 2.75) is 30.8 Å². The van der Waals surface area contributed by atoms with Crippen LogP contribution in [0, 0.1) is 5.82 Å². The SMILES string of the molecule is CN(C)CCN1CCN(C(C=O)N2C[C@H](c3ccc(Cl)c(Cl)c3)[C@H](N(C)Cc3ccc(C(F)(F)F)c(F)c3)C2)CC1. The Bertz CT molecular complexity index is 1190. The van der Waals surface area contributed by atoms with Crippen LogP contribution in [0.2, 0.25) is 10.0 Å². The summed E-state index contributed by atoms with van der Waals surface area (Å²) in [4.78, 5) is 23.4. The molecular formula is C29H37Cl2F4N5O. The molecule has 2 aliphatic heterocycles. The number of likely N-dealkylation sites (tertiary alicyclic amines) is 1. The van der Waals surface area contributed by atoms with Crippen molar-refractivity contribution in [3.8, 4) is 0 Å². The van der Waals surface area contributed by atoms with Gasteiger partial charge in [-0.05, 0) is 56.5 Å². The molecule has 2 aliphatic rings. The second kappa shape index (κ2) is 13.7. The zero-order valence-electron chi connectivity index (χ0n) is 23.5.